The highest BCUT2D eigenvalue weighted by Gasteiger charge is 2.29. The number of halogens is 3. The van der Waals surface area contributed by atoms with Crippen molar-refractivity contribution >= 4 is 27.6 Å². The number of aryl methyl sites for hydroxylation is 1. The van der Waals surface area contributed by atoms with Crippen LogP contribution in [0.25, 0.3) is 10.2 Å². The normalized spacial score (nSPS) is 12.1. The number of thiophene rings is 1. The molecule has 0 spiro atoms. The Balaban J connectivity index is 2.72. The molecule has 0 aliphatic carbocycles. The zero-order valence-corrected chi connectivity index (χ0v) is 16.3. The number of amides is 1. The van der Waals surface area contributed by atoms with Crippen molar-refractivity contribution in [2.24, 2.45) is 0 Å². The van der Waals surface area contributed by atoms with Crippen molar-refractivity contribution in [1.29, 1.82) is 0 Å². The average Bonchev–Trinajstić information content (AvgIpc) is 2.93. The first kappa shape index (κ1) is 22.0. The van der Waals surface area contributed by atoms with E-state index in [4.69, 9.17) is 5.11 Å². The van der Waals surface area contributed by atoms with Gasteiger partial charge < -0.3 is 5.11 Å². The Morgan fingerprint density at radius 2 is 1.89 bits per heavy atom. The number of hydrazine groups is 1. The second-order valence-electron chi connectivity index (χ2n) is 6.41. The van der Waals surface area contributed by atoms with E-state index in [-0.39, 0.29) is 29.2 Å². The van der Waals surface area contributed by atoms with Gasteiger partial charge in [0.25, 0.3) is 5.56 Å². The van der Waals surface area contributed by atoms with Gasteiger partial charge in [0, 0.05) is 24.5 Å². The molecule has 28 heavy (non-hydrogen) atoms. The maximum absolute atomic E-state index is 12.9. The van der Waals surface area contributed by atoms with Crippen molar-refractivity contribution in [2.75, 3.05) is 0 Å². The molecule has 0 aromatic carbocycles. The second-order valence-corrected chi connectivity index (χ2v) is 7.49. The minimum Gasteiger partial charge on any atom is -0.464 e. The van der Waals surface area contributed by atoms with Gasteiger partial charge in [-0.05, 0) is 18.4 Å². The van der Waals surface area contributed by atoms with E-state index in [1.54, 1.807) is 6.92 Å². The van der Waals surface area contributed by atoms with E-state index in [1.807, 2.05) is 19.3 Å². The van der Waals surface area contributed by atoms with Crippen LogP contribution >= 0.6 is 11.3 Å². The molecule has 1 amide bonds. The topological polar surface area (TPSA) is 105 Å². The number of rotatable bonds is 7. The van der Waals surface area contributed by atoms with Gasteiger partial charge in [-0.3, -0.25) is 19.4 Å². The summed E-state index contributed by atoms with van der Waals surface area (Å²) in [6.45, 7) is 4.66. The molecule has 0 saturated heterocycles. The lowest BCUT2D eigenvalue weighted by molar-refractivity contribution is -0.136. The lowest BCUT2D eigenvalue weighted by Crippen LogP contribution is -2.40. The average molecular weight is 422 g/mol. The van der Waals surface area contributed by atoms with Crippen LogP contribution in [-0.4, -0.2) is 26.5 Å². The van der Waals surface area contributed by atoms with Gasteiger partial charge in [-0.25, -0.2) is 15.0 Å². The highest BCUT2D eigenvalue weighted by Crippen LogP contribution is 2.34. The summed E-state index contributed by atoms with van der Waals surface area (Å²) in [5.74, 6) is -0.165. The van der Waals surface area contributed by atoms with Crippen LogP contribution in [0.3, 0.4) is 0 Å². The molecule has 2 rings (SSSR count). The number of fused-ring (bicyclic) bond motifs is 1. The standard InChI is InChI=1S/C16H21F3N4O4S/c1-4-22-12(24)11-10(8(2)3)9(7-20-21-14(25)26)28-13(11)23(15(22)27)6-5-16(17,18)19/h8,20-21H,4-7H2,1-3H3,(H,25,26). The summed E-state index contributed by atoms with van der Waals surface area (Å²) in [7, 11) is 0. The van der Waals surface area contributed by atoms with Crippen LogP contribution in [-0.2, 0) is 19.6 Å². The van der Waals surface area contributed by atoms with Crippen molar-refractivity contribution in [3.05, 3.63) is 31.3 Å². The maximum atomic E-state index is 12.9. The van der Waals surface area contributed by atoms with Gasteiger partial charge in [-0.15, -0.1) is 11.3 Å². The quantitative estimate of drug-likeness (QED) is 0.595. The predicted octanol–water partition coefficient (Wildman–Crippen LogP) is 2.59. The summed E-state index contributed by atoms with van der Waals surface area (Å²) in [6.07, 6.45) is -6.96. The van der Waals surface area contributed by atoms with Crippen molar-refractivity contribution in [1.82, 2.24) is 20.0 Å². The van der Waals surface area contributed by atoms with E-state index in [9.17, 15) is 27.6 Å². The van der Waals surface area contributed by atoms with Crippen LogP contribution in [0.2, 0.25) is 0 Å². The van der Waals surface area contributed by atoms with Crippen LogP contribution in [0.5, 0.6) is 0 Å². The molecule has 2 aromatic heterocycles. The largest absolute Gasteiger partial charge is 0.464 e. The van der Waals surface area contributed by atoms with Gasteiger partial charge in [0.15, 0.2) is 0 Å². The molecule has 3 N–H and O–H groups in total. The molecule has 156 valence electrons. The molecule has 0 radical (unpaired) electrons. The molecule has 0 fully saturated rings. The lowest BCUT2D eigenvalue weighted by Gasteiger charge is -2.13. The number of nitrogens with zero attached hydrogens (tertiary/aromatic N) is 2. The third kappa shape index (κ3) is 4.55. The van der Waals surface area contributed by atoms with Crippen molar-refractivity contribution in [3.8, 4) is 0 Å². The van der Waals surface area contributed by atoms with Crippen LogP contribution in [0.4, 0.5) is 18.0 Å². The number of hydrogen-bond acceptors (Lipinski definition) is 5. The van der Waals surface area contributed by atoms with Gasteiger partial charge >= 0.3 is 18.0 Å². The molecule has 0 bridgehead atoms. The molecular weight excluding hydrogens is 401 g/mol. The number of nitrogens with one attached hydrogen (secondary N) is 2. The lowest BCUT2D eigenvalue weighted by atomic mass is 10.0. The van der Waals surface area contributed by atoms with Gasteiger partial charge in [-0.2, -0.15) is 13.2 Å². The van der Waals surface area contributed by atoms with Crippen LogP contribution in [0, 0.1) is 0 Å². The Hall–Kier alpha value is -2.34. The fourth-order valence-corrected chi connectivity index (χ4v) is 4.39. The minimum absolute atomic E-state index is 0.0260. The fraction of sp³-hybridized carbons (Fsp3) is 0.562. The van der Waals surface area contributed by atoms with E-state index >= 15 is 0 Å². The van der Waals surface area contributed by atoms with E-state index < -0.39 is 36.5 Å². The molecule has 2 aromatic rings. The highest BCUT2D eigenvalue weighted by atomic mass is 32.1. The van der Waals surface area contributed by atoms with Crippen LogP contribution < -0.4 is 22.1 Å². The number of carboxylic acid groups (broad SMARTS) is 1. The molecule has 0 aliphatic heterocycles. The van der Waals surface area contributed by atoms with Gasteiger partial charge in [0.2, 0.25) is 0 Å². The second kappa shape index (κ2) is 8.35. The summed E-state index contributed by atoms with van der Waals surface area (Å²) in [5, 5.41) is 8.88. The van der Waals surface area contributed by atoms with Gasteiger partial charge in [0.05, 0.1) is 11.8 Å². The molecule has 12 heteroatoms. The molecule has 0 unspecified atom stereocenters. The van der Waals surface area contributed by atoms with Crippen molar-refractivity contribution in [2.45, 2.75) is 58.9 Å². The first-order chi connectivity index (χ1) is 13.0. The van der Waals surface area contributed by atoms with Crippen LogP contribution in [0.1, 0.15) is 43.6 Å². The molecule has 2 heterocycles. The number of hydrogen-bond donors (Lipinski definition) is 3. The monoisotopic (exact) mass is 422 g/mol. The molecule has 0 aliphatic rings. The summed E-state index contributed by atoms with van der Waals surface area (Å²) >= 11 is 1.02. The molecule has 0 saturated carbocycles. The highest BCUT2D eigenvalue weighted by molar-refractivity contribution is 7.18. The summed E-state index contributed by atoms with van der Waals surface area (Å²) in [6, 6.07) is 0. The molecule has 8 nitrogen and oxygen atoms in total. The molecule has 0 atom stereocenters. The third-order valence-electron chi connectivity index (χ3n) is 4.13. The summed E-state index contributed by atoms with van der Waals surface area (Å²) in [4.78, 5) is 36.8. The first-order valence-electron chi connectivity index (χ1n) is 8.55. The third-order valence-corrected chi connectivity index (χ3v) is 5.35. The zero-order valence-electron chi connectivity index (χ0n) is 15.5. The molecular formula is C16H21F3N4O4S. The van der Waals surface area contributed by atoms with Gasteiger partial charge in [0.1, 0.15) is 4.83 Å². The van der Waals surface area contributed by atoms with E-state index in [0.717, 1.165) is 20.5 Å². The Bertz CT molecular complexity index is 991. The Kier molecular flexibility index (Phi) is 6.55. The predicted molar refractivity (Wildman–Crippen MR) is 98.8 cm³/mol. The van der Waals surface area contributed by atoms with Crippen molar-refractivity contribution < 1.29 is 23.1 Å². The number of aromatic nitrogens is 2. The van der Waals surface area contributed by atoms with Crippen molar-refractivity contribution in [3.63, 3.8) is 0 Å². The number of alkyl halides is 3. The fourth-order valence-electron chi connectivity index (χ4n) is 2.99. The van der Waals surface area contributed by atoms with E-state index in [1.165, 1.54) is 0 Å². The van der Waals surface area contributed by atoms with Gasteiger partial charge in [-0.1, -0.05) is 13.8 Å². The first-order valence-corrected chi connectivity index (χ1v) is 9.37. The Morgan fingerprint density at radius 3 is 2.39 bits per heavy atom. The summed E-state index contributed by atoms with van der Waals surface area (Å²) < 4.78 is 40.1. The SMILES string of the molecule is CCn1c(=O)c2c(C(C)C)c(CNNC(=O)O)sc2n(CCC(F)(F)F)c1=O. The Morgan fingerprint density at radius 1 is 1.25 bits per heavy atom. The Labute approximate surface area is 161 Å². The number of carbonyl (C=O) groups is 1. The maximum Gasteiger partial charge on any atom is 0.419 e. The van der Waals surface area contributed by atoms with Crippen LogP contribution in [0.15, 0.2) is 9.59 Å². The van der Waals surface area contributed by atoms with E-state index in [2.05, 4.69) is 5.43 Å². The summed E-state index contributed by atoms with van der Waals surface area (Å²) in [5.41, 5.74) is 3.72. The smallest absolute Gasteiger partial charge is 0.419 e. The minimum atomic E-state index is -4.45. The van der Waals surface area contributed by atoms with E-state index in [0.29, 0.717) is 10.4 Å². The zero-order chi connectivity index (χ0) is 21.2.